The third kappa shape index (κ3) is 2.40. The Morgan fingerprint density at radius 2 is 2.40 bits per heavy atom. The van der Waals surface area contributed by atoms with Crippen molar-refractivity contribution in [3.8, 4) is 0 Å². The van der Waals surface area contributed by atoms with Gasteiger partial charge in [-0.15, -0.1) is 0 Å². The van der Waals surface area contributed by atoms with E-state index in [0.29, 0.717) is 19.1 Å². The van der Waals surface area contributed by atoms with Gasteiger partial charge in [-0.3, -0.25) is 4.90 Å². The van der Waals surface area contributed by atoms with Gasteiger partial charge >= 0.3 is 0 Å². The molecular weight excluding hydrogens is 192 g/mol. The third-order valence-corrected chi connectivity index (χ3v) is 2.87. The van der Waals surface area contributed by atoms with Crippen molar-refractivity contribution in [1.29, 1.82) is 0 Å². The summed E-state index contributed by atoms with van der Waals surface area (Å²) in [5.41, 5.74) is 5.78. The number of rotatable bonds is 6. The molecule has 4 heteroatoms. The molecule has 1 fully saturated rings. The van der Waals surface area contributed by atoms with Gasteiger partial charge in [0.15, 0.2) is 0 Å². The number of furan rings is 1. The minimum absolute atomic E-state index is 0.111. The lowest BCUT2D eigenvalue weighted by Crippen LogP contribution is -2.37. The Morgan fingerprint density at radius 3 is 2.87 bits per heavy atom. The highest BCUT2D eigenvalue weighted by Gasteiger charge is 2.34. The van der Waals surface area contributed by atoms with Gasteiger partial charge in [-0.25, -0.2) is 0 Å². The van der Waals surface area contributed by atoms with Gasteiger partial charge in [0.2, 0.25) is 0 Å². The van der Waals surface area contributed by atoms with E-state index in [2.05, 4.69) is 4.90 Å². The minimum atomic E-state index is 0.111. The van der Waals surface area contributed by atoms with E-state index in [-0.39, 0.29) is 12.6 Å². The van der Waals surface area contributed by atoms with E-state index in [1.165, 1.54) is 12.8 Å². The smallest absolute Gasteiger partial charge is 0.122 e. The molecule has 0 spiro atoms. The normalized spacial score (nSPS) is 18.3. The van der Waals surface area contributed by atoms with Crippen molar-refractivity contribution < 1.29 is 9.52 Å². The molecule has 1 heterocycles. The molecule has 84 valence electrons. The molecule has 1 aliphatic carbocycles. The average Bonchev–Trinajstić information content (AvgIpc) is 2.96. The van der Waals surface area contributed by atoms with E-state index >= 15 is 0 Å². The highest BCUT2D eigenvalue weighted by Crippen LogP contribution is 2.33. The van der Waals surface area contributed by atoms with Crippen molar-refractivity contribution in [2.45, 2.75) is 24.9 Å². The molecule has 0 bridgehead atoms. The Labute approximate surface area is 89.7 Å². The van der Waals surface area contributed by atoms with E-state index in [1.807, 2.05) is 12.1 Å². The van der Waals surface area contributed by atoms with Gasteiger partial charge < -0.3 is 15.3 Å². The molecule has 0 amide bonds. The maximum atomic E-state index is 9.04. The first-order chi connectivity index (χ1) is 7.36. The molecule has 3 N–H and O–H groups in total. The van der Waals surface area contributed by atoms with Gasteiger partial charge in [-0.05, 0) is 25.0 Å². The van der Waals surface area contributed by atoms with Crippen molar-refractivity contribution in [1.82, 2.24) is 4.90 Å². The summed E-state index contributed by atoms with van der Waals surface area (Å²) in [6, 6.07) is 4.52. The van der Waals surface area contributed by atoms with Crippen LogP contribution in [-0.2, 0) is 0 Å². The van der Waals surface area contributed by atoms with Gasteiger partial charge in [0.1, 0.15) is 5.76 Å². The Balaban J connectivity index is 2.08. The summed E-state index contributed by atoms with van der Waals surface area (Å²) in [6.45, 7) is 1.38. The van der Waals surface area contributed by atoms with Crippen molar-refractivity contribution in [3.05, 3.63) is 24.2 Å². The molecule has 1 saturated carbocycles. The number of hydrogen-bond acceptors (Lipinski definition) is 4. The second-order valence-electron chi connectivity index (χ2n) is 3.96. The van der Waals surface area contributed by atoms with Gasteiger partial charge in [0.05, 0.1) is 18.9 Å². The summed E-state index contributed by atoms with van der Waals surface area (Å²) in [5, 5.41) is 9.04. The van der Waals surface area contributed by atoms with Crippen LogP contribution in [0.3, 0.4) is 0 Å². The largest absolute Gasteiger partial charge is 0.468 e. The van der Waals surface area contributed by atoms with Crippen LogP contribution in [0.25, 0.3) is 0 Å². The van der Waals surface area contributed by atoms with Gasteiger partial charge in [-0.1, -0.05) is 0 Å². The fraction of sp³-hybridized carbons (Fsp3) is 0.636. The highest BCUT2D eigenvalue weighted by molar-refractivity contribution is 5.07. The zero-order valence-corrected chi connectivity index (χ0v) is 8.80. The summed E-state index contributed by atoms with van der Waals surface area (Å²) in [4.78, 5) is 2.25. The van der Waals surface area contributed by atoms with Crippen LogP contribution in [-0.4, -0.2) is 35.7 Å². The molecule has 4 nitrogen and oxygen atoms in total. The lowest BCUT2D eigenvalue weighted by molar-refractivity contribution is 0.132. The maximum absolute atomic E-state index is 9.04. The van der Waals surface area contributed by atoms with Crippen LogP contribution in [0, 0.1) is 0 Å². The van der Waals surface area contributed by atoms with E-state index in [4.69, 9.17) is 15.3 Å². The molecule has 0 aromatic carbocycles. The Bertz CT molecular complexity index is 283. The zero-order chi connectivity index (χ0) is 10.7. The standard InChI is InChI=1S/C11H18N2O2/c12-8-10(11-2-1-7-15-11)13(5-6-14)9-3-4-9/h1-2,7,9-10,14H,3-6,8,12H2. The molecule has 0 saturated heterocycles. The second kappa shape index (κ2) is 4.79. The van der Waals surface area contributed by atoms with Crippen LogP contribution < -0.4 is 5.73 Å². The second-order valence-corrected chi connectivity index (χ2v) is 3.96. The van der Waals surface area contributed by atoms with Gasteiger partial charge in [0.25, 0.3) is 0 Å². The summed E-state index contributed by atoms with van der Waals surface area (Å²) >= 11 is 0. The van der Waals surface area contributed by atoms with E-state index in [1.54, 1.807) is 6.26 Å². The van der Waals surface area contributed by atoms with Crippen molar-refractivity contribution in [2.24, 2.45) is 5.73 Å². The van der Waals surface area contributed by atoms with Crippen molar-refractivity contribution in [3.63, 3.8) is 0 Å². The topological polar surface area (TPSA) is 62.6 Å². The Morgan fingerprint density at radius 1 is 1.60 bits per heavy atom. The molecule has 1 aromatic heterocycles. The Kier molecular flexibility index (Phi) is 3.41. The van der Waals surface area contributed by atoms with E-state index in [9.17, 15) is 0 Å². The summed E-state index contributed by atoms with van der Waals surface area (Å²) in [7, 11) is 0. The molecule has 1 atom stereocenters. The molecular formula is C11H18N2O2. The minimum Gasteiger partial charge on any atom is -0.468 e. The molecule has 0 radical (unpaired) electrons. The number of nitrogens with two attached hydrogens (primary N) is 1. The third-order valence-electron chi connectivity index (χ3n) is 2.87. The van der Waals surface area contributed by atoms with Crippen LogP contribution in [0.5, 0.6) is 0 Å². The molecule has 0 aliphatic heterocycles. The van der Waals surface area contributed by atoms with Crippen LogP contribution in [0.2, 0.25) is 0 Å². The van der Waals surface area contributed by atoms with Crippen LogP contribution in [0.1, 0.15) is 24.6 Å². The Hall–Kier alpha value is -0.840. The summed E-state index contributed by atoms with van der Waals surface area (Å²) in [6.07, 6.45) is 4.08. The lowest BCUT2D eigenvalue weighted by Gasteiger charge is -2.28. The maximum Gasteiger partial charge on any atom is 0.122 e. The fourth-order valence-corrected chi connectivity index (χ4v) is 2.01. The predicted octanol–water partition coefficient (Wildman–Crippen LogP) is 0.736. The first kappa shape index (κ1) is 10.7. The number of nitrogens with zero attached hydrogens (tertiary/aromatic N) is 1. The lowest BCUT2D eigenvalue weighted by atomic mass is 10.2. The van der Waals surface area contributed by atoms with Crippen LogP contribution >= 0.6 is 0 Å². The van der Waals surface area contributed by atoms with Crippen molar-refractivity contribution in [2.75, 3.05) is 19.7 Å². The first-order valence-corrected chi connectivity index (χ1v) is 5.47. The molecule has 2 rings (SSSR count). The predicted molar refractivity (Wildman–Crippen MR) is 57.3 cm³/mol. The monoisotopic (exact) mass is 210 g/mol. The van der Waals surface area contributed by atoms with Gasteiger partial charge in [0, 0.05) is 19.1 Å². The average molecular weight is 210 g/mol. The van der Waals surface area contributed by atoms with E-state index < -0.39 is 0 Å². The number of hydrogen-bond donors (Lipinski definition) is 2. The summed E-state index contributed by atoms with van der Waals surface area (Å²) < 4.78 is 5.39. The zero-order valence-electron chi connectivity index (χ0n) is 8.80. The van der Waals surface area contributed by atoms with Gasteiger partial charge in [-0.2, -0.15) is 0 Å². The first-order valence-electron chi connectivity index (χ1n) is 5.47. The molecule has 1 aromatic rings. The van der Waals surface area contributed by atoms with E-state index in [0.717, 1.165) is 5.76 Å². The summed E-state index contributed by atoms with van der Waals surface area (Å²) in [5.74, 6) is 0.901. The number of aliphatic hydroxyl groups excluding tert-OH is 1. The molecule has 15 heavy (non-hydrogen) atoms. The van der Waals surface area contributed by atoms with Crippen LogP contribution in [0.4, 0.5) is 0 Å². The quantitative estimate of drug-likeness (QED) is 0.727. The van der Waals surface area contributed by atoms with Crippen molar-refractivity contribution >= 4 is 0 Å². The highest BCUT2D eigenvalue weighted by atomic mass is 16.3. The fourth-order valence-electron chi connectivity index (χ4n) is 2.01. The van der Waals surface area contributed by atoms with Crippen LogP contribution in [0.15, 0.2) is 22.8 Å². The number of aliphatic hydroxyl groups is 1. The molecule has 1 unspecified atom stereocenters. The molecule has 1 aliphatic rings. The SMILES string of the molecule is NCC(c1ccco1)N(CCO)C1CC1.